The Bertz CT molecular complexity index is 806. The lowest BCUT2D eigenvalue weighted by Crippen LogP contribution is -2.17. The number of ether oxygens (including phenoxy) is 1. The fraction of sp³-hybridized carbons (Fsp3) is 0.300. The van der Waals surface area contributed by atoms with Crippen molar-refractivity contribution in [1.29, 1.82) is 0 Å². The highest BCUT2D eigenvalue weighted by atomic mass is 35.5. The average molecular weight is 375 g/mol. The van der Waals surface area contributed by atoms with Crippen LogP contribution in [0.15, 0.2) is 36.4 Å². The molecule has 0 aromatic heterocycles. The molecule has 5 nitrogen and oxygen atoms in total. The third-order valence-corrected chi connectivity index (χ3v) is 4.32. The normalized spacial score (nSPS) is 10.3. The van der Waals surface area contributed by atoms with Crippen LogP contribution in [0.3, 0.4) is 0 Å². The van der Waals surface area contributed by atoms with E-state index in [1.54, 1.807) is 31.2 Å². The summed E-state index contributed by atoms with van der Waals surface area (Å²) in [6, 6.07) is 10.5. The van der Waals surface area contributed by atoms with Crippen molar-refractivity contribution in [2.45, 2.75) is 33.6 Å². The van der Waals surface area contributed by atoms with Gasteiger partial charge < -0.3 is 10.1 Å². The van der Waals surface area contributed by atoms with Gasteiger partial charge >= 0.3 is 6.09 Å². The molecule has 0 saturated heterocycles. The Morgan fingerprint density at radius 2 is 1.81 bits per heavy atom. The van der Waals surface area contributed by atoms with Crippen LogP contribution < -0.4 is 10.6 Å². The molecule has 26 heavy (non-hydrogen) atoms. The van der Waals surface area contributed by atoms with Crippen LogP contribution in [-0.2, 0) is 17.6 Å². The smallest absolute Gasteiger partial charge is 0.411 e. The minimum Gasteiger partial charge on any atom is -0.450 e. The van der Waals surface area contributed by atoms with Crippen LogP contribution in [-0.4, -0.2) is 18.6 Å². The summed E-state index contributed by atoms with van der Waals surface area (Å²) in [6.07, 6.45) is 0.943. The van der Waals surface area contributed by atoms with Crippen LogP contribution in [0.25, 0.3) is 0 Å². The second kappa shape index (κ2) is 9.25. The Balaban J connectivity index is 2.26. The summed E-state index contributed by atoms with van der Waals surface area (Å²) in [7, 11) is 0. The molecule has 0 aliphatic rings. The minimum atomic E-state index is -0.554. The van der Waals surface area contributed by atoms with E-state index in [4.69, 9.17) is 16.3 Å². The number of aryl methyl sites for hydroxylation is 1. The maximum Gasteiger partial charge on any atom is 0.411 e. The number of nitrogens with one attached hydrogen (secondary N) is 2. The van der Waals surface area contributed by atoms with E-state index in [9.17, 15) is 9.59 Å². The van der Waals surface area contributed by atoms with Gasteiger partial charge in [0, 0.05) is 22.0 Å². The molecular formula is C20H23ClN2O3. The van der Waals surface area contributed by atoms with Crippen molar-refractivity contribution in [2.24, 2.45) is 0 Å². The highest BCUT2D eigenvalue weighted by Gasteiger charge is 2.15. The van der Waals surface area contributed by atoms with E-state index < -0.39 is 6.09 Å². The summed E-state index contributed by atoms with van der Waals surface area (Å²) in [5, 5.41) is 6.21. The second-order valence-corrected chi connectivity index (χ2v) is 6.05. The molecule has 0 atom stereocenters. The summed E-state index contributed by atoms with van der Waals surface area (Å²) in [5.74, 6) is -0.260. The van der Waals surface area contributed by atoms with Crippen LogP contribution in [0.2, 0.25) is 5.02 Å². The molecule has 0 spiro atoms. The monoisotopic (exact) mass is 374 g/mol. The van der Waals surface area contributed by atoms with Crippen LogP contribution in [0, 0.1) is 0 Å². The SMILES string of the molecule is CCOC(=O)Nc1cccc(C(=O)Nc2c(CC)ccc(Cl)c2CC)c1. The largest absolute Gasteiger partial charge is 0.450 e. The van der Waals surface area contributed by atoms with E-state index in [0.29, 0.717) is 22.7 Å². The molecule has 0 heterocycles. The van der Waals surface area contributed by atoms with E-state index in [1.807, 2.05) is 26.0 Å². The molecule has 2 rings (SSSR count). The van der Waals surface area contributed by atoms with Gasteiger partial charge in [0.15, 0.2) is 0 Å². The zero-order valence-electron chi connectivity index (χ0n) is 15.2. The van der Waals surface area contributed by atoms with Crippen LogP contribution in [0.4, 0.5) is 16.2 Å². The number of amides is 2. The molecule has 0 aliphatic heterocycles. The summed E-state index contributed by atoms with van der Waals surface area (Å²) in [5.41, 5.74) is 3.63. The quantitative estimate of drug-likeness (QED) is 0.722. The summed E-state index contributed by atoms with van der Waals surface area (Å²) >= 11 is 6.29. The highest BCUT2D eigenvalue weighted by molar-refractivity contribution is 6.32. The number of halogens is 1. The Morgan fingerprint density at radius 1 is 1.04 bits per heavy atom. The zero-order chi connectivity index (χ0) is 19.1. The summed E-state index contributed by atoms with van der Waals surface area (Å²) in [6.45, 7) is 6.04. The Morgan fingerprint density at radius 3 is 2.46 bits per heavy atom. The highest BCUT2D eigenvalue weighted by Crippen LogP contribution is 2.30. The van der Waals surface area contributed by atoms with Crippen molar-refractivity contribution in [3.63, 3.8) is 0 Å². The molecule has 0 saturated carbocycles. The van der Waals surface area contributed by atoms with Crippen LogP contribution in [0.1, 0.15) is 42.3 Å². The van der Waals surface area contributed by atoms with Crippen molar-refractivity contribution in [3.05, 3.63) is 58.1 Å². The molecule has 2 aromatic carbocycles. The molecule has 0 unspecified atom stereocenters. The molecule has 2 N–H and O–H groups in total. The van der Waals surface area contributed by atoms with Gasteiger partial charge in [-0.25, -0.2) is 4.79 Å². The van der Waals surface area contributed by atoms with Crippen molar-refractivity contribution in [3.8, 4) is 0 Å². The first-order valence-corrected chi connectivity index (χ1v) is 9.03. The van der Waals surface area contributed by atoms with E-state index in [-0.39, 0.29) is 12.5 Å². The fourth-order valence-electron chi connectivity index (χ4n) is 2.68. The van der Waals surface area contributed by atoms with Gasteiger partial charge in [0.1, 0.15) is 0 Å². The third kappa shape index (κ3) is 4.76. The number of carbonyl (C=O) groups excluding carboxylic acids is 2. The summed E-state index contributed by atoms with van der Waals surface area (Å²) in [4.78, 5) is 24.3. The fourth-order valence-corrected chi connectivity index (χ4v) is 2.97. The number of hydrogen-bond acceptors (Lipinski definition) is 3. The van der Waals surface area contributed by atoms with Gasteiger partial charge in [-0.05, 0) is 55.2 Å². The average Bonchev–Trinajstić information content (AvgIpc) is 2.62. The number of rotatable bonds is 6. The van der Waals surface area contributed by atoms with E-state index >= 15 is 0 Å². The van der Waals surface area contributed by atoms with Crippen LogP contribution >= 0.6 is 11.6 Å². The van der Waals surface area contributed by atoms with Crippen molar-refractivity contribution >= 4 is 35.0 Å². The third-order valence-electron chi connectivity index (χ3n) is 3.96. The molecule has 0 aliphatic carbocycles. The van der Waals surface area contributed by atoms with E-state index in [2.05, 4.69) is 10.6 Å². The van der Waals surface area contributed by atoms with Gasteiger partial charge in [-0.3, -0.25) is 10.1 Å². The van der Waals surface area contributed by atoms with Crippen molar-refractivity contribution in [2.75, 3.05) is 17.2 Å². The maximum atomic E-state index is 12.7. The lowest BCUT2D eigenvalue weighted by Gasteiger charge is -2.16. The topological polar surface area (TPSA) is 67.4 Å². The Labute approximate surface area is 158 Å². The van der Waals surface area contributed by atoms with Crippen molar-refractivity contribution in [1.82, 2.24) is 0 Å². The van der Waals surface area contributed by atoms with Gasteiger partial charge in [-0.1, -0.05) is 37.6 Å². The Hall–Kier alpha value is -2.53. The molecule has 0 fully saturated rings. The maximum absolute atomic E-state index is 12.7. The lowest BCUT2D eigenvalue weighted by molar-refractivity contribution is 0.102. The molecule has 2 aromatic rings. The van der Waals surface area contributed by atoms with Gasteiger partial charge in [0.25, 0.3) is 5.91 Å². The standard InChI is InChI=1S/C20H23ClN2O3/c1-4-13-10-11-17(21)16(5-2)18(13)23-19(24)14-8-7-9-15(12-14)22-20(25)26-6-3/h7-12H,4-6H2,1-3H3,(H,22,25)(H,23,24). The van der Waals surface area contributed by atoms with E-state index in [1.165, 1.54) is 0 Å². The summed E-state index contributed by atoms with van der Waals surface area (Å²) < 4.78 is 4.85. The number of carbonyl (C=O) groups is 2. The number of benzene rings is 2. The number of anilines is 2. The zero-order valence-corrected chi connectivity index (χ0v) is 15.9. The minimum absolute atomic E-state index is 0.260. The van der Waals surface area contributed by atoms with Gasteiger partial charge in [0.05, 0.1) is 6.61 Å². The van der Waals surface area contributed by atoms with Gasteiger partial charge in [0.2, 0.25) is 0 Å². The Kier molecular flexibility index (Phi) is 7.04. The second-order valence-electron chi connectivity index (χ2n) is 5.65. The molecule has 6 heteroatoms. The van der Waals surface area contributed by atoms with Crippen LogP contribution in [0.5, 0.6) is 0 Å². The lowest BCUT2D eigenvalue weighted by atomic mass is 10.0. The molecule has 2 amide bonds. The molecule has 0 radical (unpaired) electrons. The first-order valence-electron chi connectivity index (χ1n) is 8.65. The predicted octanol–water partition coefficient (Wildman–Crippen LogP) is 5.29. The molecular weight excluding hydrogens is 352 g/mol. The van der Waals surface area contributed by atoms with Gasteiger partial charge in [-0.15, -0.1) is 0 Å². The molecule has 0 bridgehead atoms. The first-order chi connectivity index (χ1) is 12.5. The van der Waals surface area contributed by atoms with Crippen molar-refractivity contribution < 1.29 is 14.3 Å². The van der Waals surface area contributed by atoms with E-state index in [0.717, 1.165) is 23.2 Å². The number of hydrogen-bond donors (Lipinski definition) is 2. The van der Waals surface area contributed by atoms with Gasteiger partial charge in [-0.2, -0.15) is 0 Å². The molecule has 138 valence electrons. The predicted molar refractivity (Wildman–Crippen MR) is 105 cm³/mol. The first kappa shape index (κ1) is 19.8.